The SMILES string of the molecule is CC(C)C1CNC(C2CC2)CN1C1CCS(=O)(=O)CC1. The molecule has 1 aliphatic carbocycles. The Bertz CT molecular complexity index is 431. The highest BCUT2D eigenvalue weighted by Crippen LogP contribution is 2.36. The van der Waals surface area contributed by atoms with E-state index in [4.69, 9.17) is 0 Å². The van der Waals surface area contributed by atoms with Crippen molar-refractivity contribution >= 4 is 9.84 Å². The lowest BCUT2D eigenvalue weighted by Crippen LogP contribution is -2.62. The molecule has 3 aliphatic rings. The lowest BCUT2D eigenvalue weighted by molar-refractivity contribution is 0.0464. The van der Waals surface area contributed by atoms with Crippen LogP contribution in [-0.4, -0.2) is 56.0 Å². The van der Waals surface area contributed by atoms with Gasteiger partial charge in [0.1, 0.15) is 9.84 Å². The van der Waals surface area contributed by atoms with Crippen molar-refractivity contribution in [3.8, 4) is 0 Å². The van der Waals surface area contributed by atoms with Crippen LogP contribution in [0, 0.1) is 11.8 Å². The van der Waals surface area contributed by atoms with Gasteiger partial charge in [-0.05, 0) is 37.5 Å². The molecule has 0 bridgehead atoms. The summed E-state index contributed by atoms with van der Waals surface area (Å²) in [6.07, 6.45) is 4.42. The molecule has 2 heterocycles. The predicted octanol–water partition coefficient (Wildman–Crippen LogP) is 1.27. The van der Waals surface area contributed by atoms with Gasteiger partial charge in [0, 0.05) is 31.2 Å². The van der Waals surface area contributed by atoms with Gasteiger partial charge in [0.05, 0.1) is 11.5 Å². The monoisotopic (exact) mass is 300 g/mol. The summed E-state index contributed by atoms with van der Waals surface area (Å²) in [7, 11) is -2.75. The molecule has 0 aromatic heterocycles. The molecule has 0 spiro atoms. The summed E-state index contributed by atoms with van der Waals surface area (Å²) in [4.78, 5) is 2.65. The van der Waals surface area contributed by atoms with Crippen molar-refractivity contribution in [3.05, 3.63) is 0 Å². The fraction of sp³-hybridized carbons (Fsp3) is 1.00. The van der Waals surface area contributed by atoms with E-state index in [0.29, 0.717) is 35.5 Å². The standard InChI is InChI=1S/C15H28N2O2S/c1-11(2)15-9-16-14(12-3-4-12)10-17(15)13-5-7-20(18,19)8-6-13/h11-16H,3-10H2,1-2H3. The molecule has 3 fully saturated rings. The zero-order valence-corrected chi connectivity index (χ0v) is 13.5. The second-order valence-electron chi connectivity index (χ2n) is 7.24. The Balaban J connectivity index is 1.69. The summed E-state index contributed by atoms with van der Waals surface area (Å²) in [5.41, 5.74) is 0. The van der Waals surface area contributed by atoms with Crippen LogP contribution in [0.3, 0.4) is 0 Å². The second kappa shape index (κ2) is 5.58. The highest BCUT2D eigenvalue weighted by atomic mass is 32.2. The molecule has 3 rings (SSSR count). The third-order valence-electron chi connectivity index (χ3n) is 5.38. The van der Waals surface area contributed by atoms with Crippen LogP contribution in [0.2, 0.25) is 0 Å². The van der Waals surface area contributed by atoms with Gasteiger partial charge in [-0.2, -0.15) is 0 Å². The van der Waals surface area contributed by atoms with Crippen LogP contribution in [0.25, 0.3) is 0 Å². The molecule has 20 heavy (non-hydrogen) atoms. The third-order valence-corrected chi connectivity index (χ3v) is 7.09. The van der Waals surface area contributed by atoms with Crippen molar-refractivity contribution in [2.75, 3.05) is 24.6 Å². The summed E-state index contributed by atoms with van der Waals surface area (Å²) in [6, 6.07) is 1.69. The third kappa shape index (κ3) is 3.20. The van der Waals surface area contributed by atoms with E-state index in [-0.39, 0.29) is 0 Å². The minimum atomic E-state index is -2.75. The Morgan fingerprint density at radius 3 is 2.30 bits per heavy atom. The molecule has 1 saturated carbocycles. The number of rotatable bonds is 3. The Morgan fingerprint density at radius 2 is 1.75 bits per heavy atom. The number of piperazine rings is 1. The van der Waals surface area contributed by atoms with Gasteiger partial charge in [-0.1, -0.05) is 13.8 Å². The molecule has 4 nitrogen and oxygen atoms in total. The molecular formula is C15H28N2O2S. The van der Waals surface area contributed by atoms with Crippen LogP contribution < -0.4 is 5.32 Å². The Hall–Kier alpha value is -0.130. The summed E-state index contributed by atoms with van der Waals surface area (Å²) in [6.45, 7) is 6.77. The minimum Gasteiger partial charge on any atom is -0.311 e. The largest absolute Gasteiger partial charge is 0.311 e. The fourth-order valence-electron chi connectivity index (χ4n) is 3.88. The number of hydrogen-bond donors (Lipinski definition) is 1. The molecule has 116 valence electrons. The fourth-order valence-corrected chi connectivity index (χ4v) is 5.35. The molecule has 2 unspecified atom stereocenters. The van der Waals surface area contributed by atoms with E-state index >= 15 is 0 Å². The van der Waals surface area contributed by atoms with E-state index in [2.05, 4.69) is 24.1 Å². The van der Waals surface area contributed by atoms with Crippen molar-refractivity contribution in [2.45, 2.75) is 57.7 Å². The first kappa shape index (κ1) is 14.8. The van der Waals surface area contributed by atoms with Gasteiger partial charge in [-0.15, -0.1) is 0 Å². The smallest absolute Gasteiger partial charge is 0.150 e. The van der Waals surface area contributed by atoms with E-state index in [1.54, 1.807) is 0 Å². The van der Waals surface area contributed by atoms with E-state index in [1.165, 1.54) is 12.8 Å². The average molecular weight is 300 g/mol. The minimum absolute atomic E-state index is 0.389. The van der Waals surface area contributed by atoms with Gasteiger partial charge < -0.3 is 5.32 Å². The van der Waals surface area contributed by atoms with Gasteiger partial charge in [-0.3, -0.25) is 4.90 Å². The molecule has 1 N–H and O–H groups in total. The first-order chi connectivity index (χ1) is 9.46. The van der Waals surface area contributed by atoms with Crippen LogP contribution in [0.5, 0.6) is 0 Å². The maximum atomic E-state index is 11.6. The molecule has 2 aliphatic heterocycles. The van der Waals surface area contributed by atoms with Crippen molar-refractivity contribution < 1.29 is 8.42 Å². The van der Waals surface area contributed by atoms with E-state index < -0.39 is 9.84 Å². The molecule has 2 saturated heterocycles. The van der Waals surface area contributed by atoms with Crippen molar-refractivity contribution in [1.82, 2.24) is 10.2 Å². The molecule has 2 atom stereocenters. The van der Waals surface area contributed by atoms with Gasteiger partial charge in [0.2, 0.25) is 0 Å². The maximum Gasteiger partial charge on any atom is 0.150 e. The summed E-state index contributed by atoms with van der Waals surface area (Å²) >= 11 is 0. The van der Waals surface area contributed by atoms with Crippen molar-refractivity contribution in [2.24, 2.45) is 11.8 Å². The first-order valence-electron chi connectivity index (χ1n) is 8.16. The Labute approximate surface area is 123 Å². The molecule has 0 radical (unpaired) electrons. The number of sulfone groups is 1. The molecular weight excluding hydrogens is 272 g/mol. The lowest BCUT2D eigenvalue weighted by atomic mass is 9.93. The Morgan fingerprint density at radius 1 is 1.10 bits per heavy atom. The highest BCUT2D eigenvalue weighted by molar-refractivity contribution is 7.91. The van der Waals surface area contributed by atoms with Gasteiger partial charge in [-0.25, -0.2) is 8.42 Å². The predicted molar refractivity (Wildman–Crippen MR) is 81.5 cm³/mol. The summed E-state index contributed by atoms with van der Waals surface area (Å²) in [5.74, 6) is 2.28. The molecule has 5 heteroatoms. The molecule has 0 amide bonds. The van der Waals surface area contributed by atoms with Crippen molar-refractivity contribution in [3.63, 3.8) is 0 Å². The summed E-state index contributed by atoms with van der Waals surface area (Å²) < 4.78 is 23.3. The number of nitrogens with zero attached hydrogens (tertiary/aromatic N) is 1. The Kier molecular flexibility index (Phi) is 4.13. The van der Waals surface area contributed by atoms with Crippen LogP contribution in [-0.2, 0) is 9.84 Å². The van der Waals surface area contributed by atoms with Crippen LogP contribution in [0.15, 0.2) is 0 Å². The van der Waals surface area contributed by atoms with Crippen LogP contribution >= 0.6 is 0 Å². The van der Waals surface area contributed by atoms with Crippen molar-refractivity contribution in [1.29, 1.82) is 0 Å². The highest BCUT2D eigenvalue weighted by Gasteiger charge is 2.41. The second-order valence-corrected chi connectivity index (χ2v) is 9.55. The van der Waals surface area contributed by atoms with Gasteiger partial charge >= 0.3 is 0 Å². The summed E-state index contributed by atoms with van der Waals surface area (Å²) in [5, 5.41) is 3.74. The number of nitrogens with one attached hydrogen (secondary N) is 1. The van der Waals surface area contributed by atoms with E-state index in [0.717, 1.165) is 31.8 Å². The average Bonchev–Trinajstić information content (AvgIpc) is 3.22. The number of hydrogen-bond acceptors (Lipinski definition) is 4. The lowest BCUT2D eigenvalue weighted by Gasteiger charge is -2.47. The maximum absolute atomic E-state index is 11.6. The molecule has 0 aromatic carbocycles. The van der Waals surface area contributed by atoms with Crippen LogP contribution in [0.1, 0.15) is 39.5 Å². The zero-order chi connectivity index (χ0) is 14.3. The van der Waals surface area contributed by atoms with E-state index in [1.807, 2.05) is 0 Å². The van der Waals surface area contributed by atoms with E-state index in [9.17, 15) is 8.42 Å². The normalized spacial score (nSPS) is 36.4. The van der Waals surface area contributed by atoms with Crippen LogP contribution in [0.4, 0.5) is 0 Å². The van der Waals surface area contributed by atoms with Gasteiger partial charge in [0.15, 0.2) is 0 Å². The topological polar surface area (TPSA) is 49.4 Å². The first-order valence-corrected chi connectivity index (χ1v) is 9.98. The molecule has 0 aromatic rings. The zero-order valence-electron chi connectivity index (χ0n) is 12.7. The van der Waals surface area contributed by atoms with Gasteiger partial charge in [0.25, 0.3) is 0 Å². The quantitative estimate of drug-likeness (QED) is 0.853.